The van der Waals surface area contributed by atoms with Crippen LogP contribution in [-0.2, 0) is 23.3 Å². The third-order valence-corrected chi connectivity index (χ3v) is 6.62. The van der Waals surface area contributed by atoms with Gasteiger partial charge in [-0.25, -0.2) is 0 Å². The van der Waals surface area contributed by atoms with Gasteiger partial charge in [0.25, 0.3) is 0 Å². The molecule has 0 atom stereocenters. The molecule has 2 aromatic carbocycles. The largest absolute Gasteiger partial charge is 0.325 e. The number of nitrogens with zero attached hydrogens (tertiary/aromatic N) is 3. The van der Waals surface area contributed by atoms with Crippen molar-refractivity contribution in [3.05, 3.63) is 70.5 Å². The Hall–Kier alpha value is -2.29. The van der Waals surface area contributed by atoms with Gasteiger partial charge in [0.15, 0.2) is 10.9 Å². The quantitative estimate of drug-likeness (QED) is 0.364. The van der Waals surface area contributed by atoms with Crippen LogP contribution >= 0.6 is 35.1 Å². The van der Waals surface area contributed by atoms with Crippen LogP contribution in [0.2, 0.25) is 5.02 Å². The molecule has 3 aromatic rings. The van der Waals surface area contributed by atoms with E-state index in [9.17, 15) is 9.59 Å². The lowest BCUT2D eigenvalue weighted by Gasteiger charge is -2.07. The Kier molecular flexibility index (Phi) is 7.95. The third-order valence-electron chi connectivity index (χ3n) is 4.26. The number of anilines is 1. The Morgan fingerprint density at radius 2 is 1.90 bits per heavy atom. The molecule has 1 N–H and O–H groups in total. The summed E-state index contributed by atoms with van der Waals surface area (Å²) in [5, 5.41) is 12.7. The molecule has 1 aromatic heterocycles. The van der Waals surface area contributed by atoms with Crippen LogP contribution < -0.4 is 5.32 Å². The fourth-order valence-electron chi connectivity index (χ4n) is 2.61. The molecule has 0 spiro atoms. The van der Waals surface area contributed by atoms with Crippen molar-refractivity contribution in [3.63, 3.8) is 0 Å². The van der Waals surface area contributed by atoms with E-state index in [1.54, 1.807) is 36.0 Å². The highest BCUT2D eigenvalue weighted by Gasteiger charge is 2.12. The van der Waals surface area contributed by atoms with Crippen LogP contribution in [0.5, 0.6) is 0 Å². The van der Waals surface area contributed by atoms with E-state index in [-0.39, 0.29) is 17.4 Å². The monoisotopic (exact) mass is 460 g/mol. The zero-order valence-corrected chi connectivity index (χ0v) is 19.0. The van der Waals surface area contributed by atoms with Gasteiger partial charge in [-0.15, -0.1) is 22.0 Å². The highest BCUT2D eigenvalue weighted by atomic mass is 35.5. The number of amides is 1. The van der Waals surface area contributed by atoms with Gasteiger partial charge in [-0.3, -0.25) is 9.59 Å². The first kappa shape index (κ1) is 22.4. The molecule has 0 aliphatic heterocycles. The molecule has 0 saturated heterocycles. The molecule has 3 rings (SSSR count). The van der Waals surface area contributed by atoms with Gasteiger partial charge in [0.2, 0.25) is 5.91 Å². The van der Waals surface area contributed by atoms with Gasteiger partial charge >= 0.3 is 0 Å². The summed E-state index contributed by atoms with van der Waals surface area (Å²) in [5.74, 6) is 2.31. The van der Waals surface area contributed by atoms with E-state index in [0.29, 0.717) is 22.2 Å². The minimum Gasteiger partial charge on any atom is -0.325 e. The number of rotatable bonds is 9. The fourth-order valence-corrected chi connectivity index (χ4v) is 4.63. The van der Waals surface area contributed by atoms with Crippen molar-refractivity contribution < 1.29 is 9.59 Å². The summed E-state index contributed by atoms with van der Waals surface area (Å²) in [6.45, 7) is 1.50. The number of halogens is 1. The van der Waals surface area contributed by atoms with E-state index < -0.39 is 0 Å². The van der Waals surface area contributed by atoms with Gasteiger partial charge in [-0.05, 0) is 30.7 Å². The van der Waals surface area contributed by atoms with E-state index >= 15 is 0 Å². The molecule has 9 heteroatoms. The van der Waals surface area contributed by atoms with Crippen LogP contribution in [-0.4, -0.2) is 32.2 Å². The number of carbonyl (C=O) groups excluding carboxylic acids is 2. The minimum atomic E-state index is -0.168. The van der Waals surface area contributed by atoms with Gasteiger partial charge in [-0.1, -0.05) is 53.7 Å². The number of Topliss-reactive ketones (excluding diaryl/α,β-unsaturated/α-hetero) is 1. The molecule has 1 amide bonds. The fraction of sp³-hybridized carbons (Fsp3) is 0.238. The lowest BCUT2D eigenvalue weighted by Crippen LogP contribution is -2.14. The van der Waals surface area contributed by atoms with E-state index in [0.717, 1.165) is 22.2 Å². The first-order valence-corrected chi connectivity index (χ1v) is 11.7. The Labute approximate surface area is 188 Å². The van der Waals surface area contributed by atoms with E-state index in [2.05, 4.69) is 15.5 Å². The van der Waals surface area contributed by atoms with Gasteiger partial charge in [0, 0.05) is 29.1 Å². The Morgan fingerprint density at radius 3 is 2.67 bits per heavy atom. The second-order valence-corrected chi connectivity index (χ2v) is 8.85. The summed E-state index contributed by atoms with van der Waals surface area (Å²) < 4.78 is 1.90. The summed E-state index contributed by atoms with van der Waals surface area (Å²) in [5.41, 5.74) is 2.25. The van der Waals surface area contributed by atoms with Crippen molar-refractivity contribution in [3.8, 4) is 0 Å². The molecule has 0 unspecified atom stereocenters. The maximum absolute atomic E-state index is 12.3. The highest BCUT2D eigenvalue weighted by Crippen LogP contribution is 2.24. The van der Waals surface area contributed by atoms with E-state index in [1.807, 2.05) is 35.9 Å². The van der Waals surface area contributed by atoms with Crippen LogP contribution in [0.15, 0.2) is 53.7 Å². The van der Waals surface area contributed by atoms with Crippen LogP contribution in [0.25, 0.3) is 0 Å². The number of hydrogen-bond acceptors (Lipinski definition) is 6. The number of aromatic nitrogens is 3. The van der Waals surface area contributed by atoms with Crippen molar-refractivity contribution >= 4 is 52.5 Å². The standard InChI is InChI=1S/C21H21ClN4O2S2/c1-14(27)15-7-5-8-17(10-15)23-20(28)13-30-21-25-24-19(26(21)2)12-29-11-16-6-3-4-9-18(16)22/h3-10H,11-13H2,1-2H3,(H,23,28). The third kappa shape index (κ3) is 6.10. The number of ketones is 1. The molecule has 0 aliphatic carbocycles. The lowest BCUT2D eigenvalue weighted by molar-refractivity contribution is -0.113. The molecule has 30 heavy (non-hydrogen) atoms. The number of hydrogen-bond donors (Lipinski definition) is 1. The summed E-state index contributed by atoms with van der Waals surface area (Å²) in [6, 6.07) is 14.7. The van der Waals surface area contributed by atoms with Gasteiger partial charge in [0.1, 0.15) is 5.82 Å². The first-order valence-electron chi connectivity index (χ1n) is 9.17. The second-order valence-electron chi connectivity index (χ2n) is 6.52. The highest BCUT2D eigenvalue weighted by molar-refractivity contribution is 7.99. The van der Waals surface area contributed by atoms with Gasteiger partial charge in [-0.2, -0.15) is 0 Å². The summed E-state index contributed by atoms with van der Waals surface area (Å²) in [4.78, 5) is 23.7. The Bertz CT molecular complexity index is 1050. The molecule has 0 bridgehead atoms. The predicted molar refractivity (Wildman–Crippen MR) is 123 cm³/mol. The van der Waals surface area contributed by atoms with Crippen molar-refractivity contribution in [2.75, 3.05) is 11.1 Å². The van der Waals surface area contributed by atoms with Crippen LogP contribution in [0, 0.1) is 0 Å². The van der Waals surface area contributed by atoms with Crippen molar-refractivity contribution in [1.29, 1.82) is 0 Å². The zero-order chi connectivity index (χ0) is 21.5. The first-order chi connectivity index (χ1) is 14.4. The molecule has 1 heterocycles. The Morgan fingerprint density at radius 1 is 1.10 bits per heavy atom. The van der Waals surface area contributed by atoms with Crippen molar-refractivity contribution in [2.45, 2.75) is 23.6 Å². The summed E-state index contributed by atoms with van der Waals surface area (Å²) in [7, 11) is 1.89. The topological polar surface area (TPSA) is 76.9 Å². The maximum atomic E-state index is 12.3. The SMILES string of the molecule is CC(=O)c1cccc(NC(=O)CSc2nnc(CSCc3ccccc3Cl)n2C)c1. The predicted octanol–water partition coefficient (Wildman–Crippen LogP) is 4.84. The normalized spacial score (nSPS) is 10.8. The molecule has 6 nitrogen and oxygen atoms in total. The molecule has 0 aliphatic rings. The average Bonchev–Trinajstić information content (AvgIpc) is 3.07. The van der Waals surface area contributed by atoms with Crippen LogP contribution in [0.4, 0.5) is 5.69 Å². The summed E-state index contributed by atoms with van der Waals surface area (Å²) in [6.07, 6.45) is 0. The molecular formula is C21H21ClN4O2S2. The molecule has 156 valence electrons. The number of carbonyl (C=O) groups is 2. The smallest absolute Gasteiger partial charge is 0.234 e. The zero-order valence-electron chi connectivity index (χ0n) is 16.6. The summed E-state index contributed by atoms with van der Waals surface area (Å²) >= 11 is 9.21. The van der Waals surface area contributed by atoms with E-state index in [4.69, 9.17) is 11.6 Å². The lowest BCUT2D eigenvalue weighted by atomic mass is 10.1. The number of nitrogens with one attached hydrogen (secondary N) is 1. The maximum Gasteiger partial charge on any atom is 0.234 e. The number of thioether (sulfide) groups is 2. The minimum absolute atomic E-state index is 0.0421. The Balaban J connectivity index is 1.50. The molecule has 0 saturated carbocycles. The van der Waals surface area contributed by atoms with Crippen molar-refractivity contribution in [2.24, 2.45) is 7.05 Å². The van der Waals surface area contributed by atoms with Crippen LogP contribution in [0.3, 0.4) is 0 Å². The molecule has 0 radical (unpaired) electrons. The second kappa shape index (κ2) is 10.7. The van der Waals surface area contributed by atoms with Crippen molar-refractivity contribution in [1.82, 2.24) is 14.8 Å². The number of benzene rings is 2. The van der Waals surface area contributed by atoms with Gasteiger partial charge < -0.3 is 9.88 Å². The molecular weight excluding hydrogens is 440 g/mol. The average molecular weight is 461 g/mol. The molecule has 0 fully saturated rings. The van der Waals surface area contributed by atoms with E-state index in [1.165, 1.54) is 18.7 Å². The van der Waals surface area contributed by atoms with Crippen LogP contribution in [0.1, 0.15) is 28.7 Å². The van der Waals surface area contributed by atoms with Gasteiger partial charge in [0.05, 0.1) is 11.5 Å².